The summed E-state index contributed by atoms with van der Waals surface area (Å²) in [5.74, 6) is 3.58. The predicted octanol–water partition coefficient (Wildman–Crippen LogP) is 3.58. The highest BCUT2D eigenvalue weighted by Crippen LogP contribution is 2.47. The third-order valence-corrected chi connectivity index (χ3v) is 6.38. The number of nitrogens with zero attached hydrogens (tertiary/aromatic N) is 5. The minimum absolute atomic E-state index is 0.0996. The van der Waals surface area contributed by atoms with Crippen molar-refractivity contribution in [3.8, 4) is 24.1 Å². The van der Waals surface area contributed by atoms with Crippen LogP contribution in [-0.2, 0) is 5.54 Å². The van der Waals surface area contributed by atoms with Crippen LogP contribution in [0.15, 0.2) is 35.7 Å². The van der Waals surface area contributed by atoms with E-state index in [0.29, 0.717) is 51.5 Å². The maximum Gasteiger partial charge on any atom is 0.233 e. The summed E-state index contributed by atoms with van der Waals surface area (Å²) in [6.07, 6.45) is 10.4. The van der Waals surface area contributed by atoms with Crippen LogP contribution in [0.5, 0.6) is 11.8 Å². The van der Waals surface area contributed by atoms with E-state index in [0.717, 1.165) is 0 Å². The molecule has 1 aliphatic rings. The summed E-state index contributed by atoms with van der Waals surface area (Å²) < 4.78 is 24.0. The fraction of sp³-hybridized carbons (Fsp3) is 0.348. The Hall–Kier alpha value is -3.65. The predicted molar refractivity (Wildman–Crippen MR) is 131 cm³/mol. The number of hydrogen-bond acceptors (Lipinski definition) is 10. The van der Waals surface area contributed by atoms with Gasteiger partial charge in [0.05, 0.1) is 41.0 Å². The fourth-order valence-electron chi connectivity index (χ4n) is 3.96. The van der Waals surface area contributed by atoms with Crippen LogP contribution in [0.25, 0.3) is 11.0 Å². The molecule has 0 aliphatic carbocycles. The quantitative estimate of drug-likeness (QED) is 0.488. The molecular formula is C23H24FN7O2S. The van der Waals surface area contributed by atoms with Gasteiger partial charge in [-0.15, -0.1) is 6.42 Å². The number of alkyl halides is 1. The molecule has 0 saturated carbocycles. The van der Waals surface area contributed by atoms with Gasteiger partial charge in [0, 0.05) is 11.8 Å². The molecule has 0 spiro atoms. The molecule has 4 heterocycles. The summed E-state index contributed by atoms with van der Waals surface area (Å²) in [4.78, 5) is 22.3. The van der Waals surface area contributed by atoms with E-state index in [1.165, 1.54) is 25.1 Å². The molecule has 0 amide bonds. The first-order valence-corrected chi connectivity index (χ1v) is 11.2. The average Bonchev–Trinajstić information content (AvgIpc) is 2.82. The Labute approximate surface area is 200 Å². The van der Waals surface area contributed by atoms with Gasteiger partial charge in [0.15, 0.2) is 17.6 Å². The van der Waals surface area contributed by atoms with E-state index < -0.39 is 17.0 Å². The fourth-order valence-corrected chi connectivity index (χ4v) is 5.12. The number of nitrogens with one attached hydrogen (secondary N) is 1. The Kier molecular flexibility index (Phi) is 6.43. The van der Waals surface area contributed by atoms with Gasteiger partial charge in [-0.3, -0.25) is 4.99 Å². The van der Waals surface area contributed by atoms with Gasteiger partial charge in [-0.1, -0.05) is 17.7 Å². The molecule has 0 saturated heterocycles. The normalized spacial score (nSPS) is 22.0. The first-order chi connectivity index (χ1) is 16.3. The molecule has 176 valence electrons. The van der Waals surface area contributed by atoms with Crippen molar-refractivity contribution in [1.29, 1.82) is 0 Å². The summed E-state index contributed by atoms with van der Waals surface area (Å²) in [5.41, 5.74) is 7.68. The Bertz CT molecular complexity index is 1300. The third kappa shape index (κ3) is 4.68. The largest absolute Gasteiger partial charge is 0.481 e. The smallest absolute Gasteiger partial charge is 0.233 e. The minimum Gasteiger partial charge on any atom is -0.481 e. The molecule has 2 atom stereocenters. The van der Waals surface area contributed by atoms with Crippen LogP contribution in [-0.4, -0.2) is 50.2 Å². The molecule has 3 aromatic rings. The van der Waals surface area contributed by atoms with Crippen molar-refractivity contribution in [3.63, 3.8) is 0 Å². The van der Waals surface area contributed by atoms with Gasteiger partial charge in [-0.2, -0.15) is 0 Å². The van der Waals surface area contributed by atoms with E-state index >= 15 is 0 Å². The van der Waals surface area contributed by atoms with E-state index in [9.17, 15) is 4.39 Å². The summed E-state index contributed by atoms with van der Waals surface area (Å²) >= 11 is 1.24. The van der Waals surface area contributed by atoms with Crippen molar-refractivity contribution >= 4 is 39.5 Å². The molecule has 0 bridgehead atoms. The molecule has 0 unspecified atom stereocenters. The highest BCUT2D eigenvalue weighted by Gasteiger charge is 2.44. The number of pyridine rings is 2. The Morgan fingerprint density at radius 3 is 2.85 bits per heavy atom. The zero-order valence-electron chi connectivity index (χ0n) is 19.0. The standard InChI is InChI=1S/C23H24FN7O2S/c1-5-8-33-17-11-27-18-16(30-17)6-7-26-19(18)29-14-9-15(20(32-4)28-10-14)23(3)12-22(2,13-24)34-21(25)31-23/h1,6-7,9-11H,8,12-13H2,2-4H3,(H2,25,31)(H,26,29)/t22-,23+/m1/s1. The van der Waals surface area contributed by atoms with E-state index in [1.54, 1.807) is 18.5 Å². The van der Waals surface area contributed by atoms with Crippen LogP contribution in [0.3, 0.4) is 0 Å². The molecule has 9 nitrogen and oxygen atoms in total. The van der Waals surface area contributed by atoms with Crippen LogP contribution in [0, 0.1) is 12.3 Å². The molecule has 34 heavy (non-hydrogen) atoms. The zero-order chi connectivity index (χ0) is 24.3. The van der Waals surface area contributed by atoms with Gasteiger partial charge < -0.3 is 20.5 Å². The number of ether oxygens (including phenoxy) is 2. The van der Waals surface area contributed by atoms with Crippen LogP contribution < -0.4 is 20.5 Å². The molecule has 3 aromatic heterocycles. The molecule has 1 aliphatic heterocycles. The zero-order valence-corrected chi connectivity index (χ0v) is 19.8. The molecular weight excluding hydrogens is 457 g/mol. The number of hydrogen-bond donors (Lipinski definition) is 2. The topological polar surface area (TPSA) is 120 Å². The van der Waals surface area contributed by atoms with Crippen molar-refractivity contribution in [1.82, 2.24) is 19.9 Å². The maximum absolute atomic E-state index is 13.9. The van der Waals surface area contributed by atoms with Crippen LogP contribution in [0.1, 0.15) is 25.8 Å². The number of nitrogens with two attached hydrogens (primary N) is 1. The third-order valence-electron chi connectivity index (χ3n) is 5.34. The average molecular weight is 482 g/mol. The lowest BCUT2D eigenvalue weighted by Gasteiger charge is -2.39. The van der Waals surface area contributed by atoms with E-state index in [1.807, 2.05) is 19.9 Å². The molecule has 11 heteroatoms. The monoisotopic (exact) mass is 481 g/mol. The van der Waals surface area contributed by atoms with Crippen molar-refractivity contribution in [2.24, 2.45) is 10.7 Å². The number of halogens is 1. The number of aliphatic imine (C=N–C) groups is 1. The number of amidine groups is 1. The Morgan fingerprint density at radius 2 is 2.12 bits per heavy atom. The molecule has 0 fully saturated rings. The summed E-state index contributed by atoms with van der Waals surface area (Å²) in [6, 6.07) is 3.58. The number of methoxy groups -OCH3 is 1. The lowest BCUT2D eigenvalue weighted by molar-refractivity contribution is 0.310. The summed E-state index contributed by atoms with van der Waals surface area (Å²) in [5, 5.41) is 3.56. The Morgan fingerprint density at radius 1 is 1.29 bits per heavy atom. The first kappa shape index (κ1) is 23.5. The van der Waals surface area contributed by atoms with Gasteiger partial charge in [0.1, 0.15) is 12.2 Å². The minimum atomic E-state index is -0.832. The molecule has 4 rings (SSSR count). The van der Waals surface area contributed by atoms with Crippen molar-refractivity contribution in [2.75, 3.05) is 25.7 Å². The first-order valence-electron chi connectivity index (χ1n) is 10.4. The number of thioether (sulfide) groups is 1. The number of terminal acetylenes is 1. The molecule has 0 aromatic carbocycles. The van der Waals surface area contributed by atoms with Crippen LogP contribution in [0.2, 0.25) is 0 Å². The lowest BCUT2D eigenvalue weighted by atomic mass is 9.84. The summed E-state index contributed by atoms with van der Waals surface area (Å²) in [7, 11) is 1.53. The van der Waals surface area contributed by atoms with Gasteiger partial charge >= 0.3 is 0 Å². The molecule has 3 N–H and O–H groups in total. The van der Waals surface area contributed by atoms with Gasteiger partial charge in [-0.25, -0.2) is 24.3 Å². The second-order valence-electron chi connectivity index (χ2n) is 8.22. The lowest BCUT2D eigenvalue weighted by Crippen LogP contribution is -2.41. The second kappa shape index (κ2) is 9.30. The highest BCUT2D eigenvalue weighted by molar-refractivity contribution is 8.15. The van der Waals surface area contributed by atoms with Crippen molar-refractivity contribution in [2.45, 2.75) is 30.6 Å². The number of anilines is 2. The summed E-state index contributed by atoms with van der Waals surface area (Å²) in [6.45, 7) is 3.29. The van der Waals surface area contributed by atoms with Gasteiger partial charge in [-0.05, 0) is 32.4 Å². The number of aromatic nitrogens is 4. The second-order valence-corrected chi connectivity index (χ2v) is 9.83. The van der Waals surface area contributed by atoms with Gasteiger partial charge in [0.25, 0.3) is 0 Å². The van der Waals surface area contributed by atoms with E-state index in [-0.39, 0.29) is 6.61 Å². The molecule has 0 radical (unpaired) electrons. The number of fused-ring (bicyclic) bond motifs is 1. The SMILES string of the molecule is C#CCOc1cnc2c(Nc3cnc(OC)c([C@]4(C)C[C@](C)(CF)SC(N)=N4)c3)nccc2n1. The van der Waals surface area contributed by atoms with E-state index in [4.69, 9.17) is 21.6 Å². The van der Waals surface area contributed by atoms with Gasteiger partial charge in [0.2, 0.25) is 11.8 Å². The highest BCUT2D eigenvalue weighted by atomic mass is 32.2. The number of rotatable bonds is 7. The van der Waals surface area contributed by atoms with E-state index in [2.05, 4.69) is 36.2 Å². The van der Waals surface area contributed by atoms with Crippen molar-refractivity contribution in [3.05, 3.63) is 36.3 Å². The van der Waals surface area contributed by atoms with Crippen LogP contribution in [0.4, 0.5) is 15.9 Å². The van der Waals surface area contributed by atoms with Crippen molar-refractivity contribution < 1.29 is 13.9 Å². The van der Waals surface area contributed by atoms with Crippen LogP contribution >= 0.6 is 11.8 Å². The Balaban J connectivity index is 1.71. The maximum atomic E-state index is 13.9.